The van der Waals surface area contributed by atoms with Gasteiger partial charge in [0.25, 0.3) is 11.5 Å². The third kappa shape index (κ3) is 4.92. The molecule has 0 bridgehead atoms. The fourth-order valence-electron chi connectivity index (χ4n) is 3.20. The maximum Gasteiger partial charge on any atom is 0.257 e. The number of aryl methyl sites for hydroxylation is 2. The Bertz CT molecular complexity index is 1310. The van der Waals surface area contributed by atoms with E-state index >= 15 is 0 Å². The standard InChI is InChI=1S/C23H19FN4O2S/c1-14-8-15(2)25-19(9-14)20-13-31-23(26-20)27-22(30)17-6-7-28(21(29)11-17)12-16-4-3-5-18(24)10-16/h3-11,13H,12H2,1-2H3,(H,26,27,30). The Hall–Kier alpha value is -3.65. The van der Waals surface area contributed by atoms with Gasteiger partial charge in [0.15, 0.2) is 5.13 Å². The number of carbonyl (C=O) groups is 1. The van der Waals surface area contributed by atoms with Crippen molar-refractivity contribution in [3.63, 3.8) is 0 Å². The van der Waals surface area contributed by atoms with E-state index in [1.54, 1.807) is 18.2 Å². The zero-order valence-electron chi connectivity index (χ0n) is 16.9. The fourth-order valence-corrected chi connectivity index (χ4v) is 3.90. The minimum Gasteiger partial charge on any atom is -0.311 e. The predicted molar refractivity (Wildman–Crippen MR) is 119 cm³/mol. The Morgan fingerprint density at radius 3 is 2.68 bits per heavy atom. The van der Waals surface area contributed by atoms with Gasteiger partial charge in [-0.1, -0.05) is 12.1 Å². The number of amides is 1. The third-order valence-corrected chi connectivity index (χ3v) is 5.34. The molecular formula is C23H19FN4O2S. The minimum atomic E-state index is -0.427. The zero-order valence-corrected chi connectivity index (χ0v) is 17.7. The van der Waals surface area contributed by atoms with Crippen LogP contribution >= 0.6 is 11.3 Å². The van der Waals surface area contributed by atoms with Crippen LogP contribution in [0.25, 0.3) is 11.4 Å². The number of hydrogen-bond donors (Lipinski definition) is 1. The van der Waals surface area contributed by atoms with Gasteiger partial charge in [0.1, 0.15) is 11.5 Å². The summed E-state index contributed by atoms with van der Waals surface area (Å²) in [6.07, 6.45) is 1.52. The summed E-state index contributed by atoms with van der Waals surface area (Å²) in [7, 11) is 0. The first kappa shape index (κ1) is 20.6. The van der Waals surface area contributed by atoms with Crippen molar-refractivity contribution in [3.05, 3.63) is 98.7 Å². The first-order valence-electron chi connectivity index (χ1n) is 9.55. The highest BCUT2D eigenvalue weighted by Crippen LogP contribution is 2.25. The normalized spacial score (nSPS) is 10.8. The van der Waals surface area contributed by atoms with E-state index in [9.17, 15) is 14.0 Å². The molecule has 0 atom stereocenters. The summed E-state index contributed by atoms with van der Waals surface area (Å²) in [5, 5.41) is 4.97. The lowest BCUT2D eigenvalue weighted by molar-refractivity contribution is 0.102. The molecule has 0 spiro atoms. The number of rotatable bonds is 5. The van der Waals surface area contributed by atoms with Crippen molar-refractivity contribution in [2.45, 2.75) is 20.4 Å². The number of hydrogen-bond acceptors (Lipinski definition) is 5. The molecule has 156 valence electrons. The van der Waals surface area contributed by atoms with Gasteiger partial charge in [-0.25, -0.2) is 9.37 Å². The molecule has 0 aliphatic heterocycles. The molecule has 1 amide bonds. The summed E-state index contributed by atoms with van der Waals surface area (Å²) < 4.78 is 14.8. The molecule has 0 saturated carbocycles. The molecule has 4 aromatic rings. The smallest absolute Gasteiger partial charge is 0.257 e. The largest absolute Gasteiger partial charge is 0.311 e. The molecule has 4 rings (SSSR count). The van der Waals surface area contributed by atoms with E-state index in [4.69, 9.17) is 0 Å². The van der Waals surface area contributed by atoms with Crippen LogP contribution in [0, 0.1) is 19.7 Å². The van der Waals surface area contributed by atoms with Crippen molar-refractivity contribution in [1.82, 2.24) is 14.5 Å². The Labute approximate surface area is 182 Å². The van der Waals surface area contributed by atoms with E-state index in [2.05, 4.69) is 15.3 Å². The topological polar surface area (TPSA) is 76.9 Å². The molecule has 3 heterocycles. The highest BCUT2D eigenvalue weighted by Gasteiger charge is 2.12. The van der Waals surface area contributed by atoms with Crippen LogP contribution in [-0.4, -0.2) is 20.4 Å². The molecule has 0 unspecified atom stereocenters. The molecule has 8 heteroatoms. The summed E-state index contributed by atoms with van der Waals surface area (Å²) in [5.41, 5.74) is 3.94. The van der Waals surface area contributed by atoms with Crippen molar-refractivity contribution in [2.75, 3.05) is 5.32 Å². The SMILES string of the molecule is Cc1cc(C)nc(-c2csc(NC(=O)c3ccn(Cc4cccc(F)c4)c(=O)c3)n2)c1. The number of benzene rings is 1. The summed E-state index contributed by atoms with van der Waals surface area (Å²) >= 11 is 1.29. The number of pyridine rings is 2. The molecule has 0 aliphatic rings. The van der Waals surface area contributed by atoms with Gasteiger partial charge >= 0.3 is 0 Å². The highest BCUT2D eigenvalue weighted by molar-refractivity contribution is 7.14. The highest BCUT2D eigenvalue weighted by atomic mass is 32.1. The van der Waals surface area contributed by atoms with E-state index in [0.29, 0.717) is 16.4 Å². The quantitative estimate of drug-likeness (QED) is 0.504. The summed E-state index contributed by atoms with van der Waals surface area (Å²) in [4.78, 5) is 33.9. The fraction of sp³-hybridized carbons (Fsp3) is 0.130. The van der Waals surface area contributed by atoms with E-state index in [-0.39, 0.29) is 23.5 Å². The lowest BCUT2D eigenvalue weighted by Gasteiger charge is -2.07. The zero-order chi connectivity index (χ0) is 22.0. The van der Waals surface area contributed by atoms with Crippen molar-refractivity contribution in [2.24, 2.45) is 0 Å². The Morgan fingerprint density at radius 2 is 1.94 bits per heavy atom. The van der Waals surface area contributed by atoms with Crippen molar-refractivity contribution < 1.29 is 9.18 Å². The van der Waals surface area contributed by atoms with Crippen LogP contribution in [0.3, 0.4) is 0 Å². The molecule has 31 heavy (non-hydrogen) atoms. The number of aromatic nitrogens is 3. The van der Waals surface area contributed by atoms with Gasteiger partial charge in [-0.2, -0.15) is 0 Å². The molecule has 1 aromatic carbocycles. The third-order valence-electron chi connectivity index (χ3n) is 4.59. The summed E-state index contributed by atoms with van der Waals surface area (Å²) in [5.74, 6) is -0.787. The molecule has 0 radical (unpaired) electrons. The van der Waals surface area contributed by atoms with Crippen molar-refractivity contribution in [1.29, 1.82) is 0 Å². The second kappa shape index (κ2) is 8.61. The first-order chi connectivity index (χ1) is 14.9. The average molecular weight is 434 g/mol. The number of thiazole rings is 1. The number of nitrogens with one attached hydrogen (secondary N) is 1. The van der Waals surface area contributed by atoms with E-state index in [1.165, 1.54) is 40.3 Å². The van der Waals surface area contributed by atoms with E-state index < -0.39 is 5.91 Å². The van der Waals surface area contributed by atoms with Gasteiger partial charge < -0.3 is 4.57 Å². The van der Waals surface area contributed by atoms with Gasteiger partial charge in [-0.15, -0.1) is 11.3 Å². The van der Waals surface area contributed by atoms with Gasteiger partial charge in [0.05, 0.1) is 12.2 Å². The molecule has 0 saturated heterocycles. The molecule has 0 aliphatic carbocycles. The molecule has 0 fully saturated rings. The predicted octanol–water partition coefficient (Wildman–Crippen LogP) is 4.42. The van der Waals surface area contributed by atoms with Crippen LogP contribution in [0.4, 0.5) is 9.52 Å². The van der Waals surface area contributed by atoms with Crippen LogP contribution in [0.15, 0.2) is 64.9 Å². The van der Waals surface area contributed by atoms with Crippen molar-refractivity contribution >= 4 is 22.4 Å². The lowest BCUT2D eigenvalue weighted by Crippen LogP contribution is -2.22. The monoisotopic (exact) mass is 434 g/mol. The van der Waals surface area contributed by atoms with Crippen LogP contribution < -0.4 is 10.9 Å². The minimum absolute atomic E-state index is 0.219. The van der Waals surface area contributed by atoms with Crippen LogP contribution in [0.2, 0.25) is 0 Å². The van der Waals surface area contributed by atoms with Gasteiger partial charge in [0.2, 0.25) is 0 Å². The van der Waals surface area contributed by atoms with Gasteiger partial charge in [0, 0.05) is 28.9 Å². The number of anilines is 1. The Balaban J connectivity index is 1.48. The number of nitrogens with zero attached hydrogens (tertiary/aromatic N) is 3. The molecule has 1 N–H and O–H groups in total. The first-order valence-corrected chi connectivity index (χ1v) is 10.4. The molecule has 3 aromatic heterocycles. The average Bonchev–Trinajstić information content (AvgIpc) is 3.17. The maximum atomic E-state index is 13.3. The second-order valence-corrected chi connectivity index (χ2v) is 8.03. The number of carbonyl (C=O) groups excluding carboxylic acids is 1. The maximum absolute atomic E-state index is 13.3. The van der Waals surface area contributed by atoms with Crippen molar-refractivity contribution in [3.8, 4) is 11.4 Å². The van der Waals surface area contributed by atoms with Gasteiger partial charge in [-0.05, 0) is 55.3 Å². The van der Waals surface area contributed by atoms with Crippen LogP contribution in [0.1, 0.15) is 27.2 Å². The summed E-state index contributed by atoms with van der Waals surface area (Å²) in [6.45, 7) is 4.13. The lowest BCUT2D eigenvalue weighted by atomic mass is 10.2. The van der Waals surface area contributed by atoms with E-state index in [1.807, 2.05) is 31.4 Å². The Morgan fingerprint density at radius 1 is 1.10 bits per heavy atom. The van der Waals surface area contributed by atoms with Crippen LogP contribution in [0.5, 0.6) is 0 Å². The van der Waals surface area contributed by atoms with E-state index in [0.717, 1.165) is 17.0 Å². The van der Waals surface area contributed by atoms with Gasteiger partial charge in [-0.3, -0.25) is 19.9 Å². The van der Waals surface area contributed by atoms with Crippen LogP contribution in [-0.2, 0) is 6.54 Å². The second-order valence-electron chi connectivity index (χ2n) is 7.17. The Kier molecular flexibility index (Phi) is 5.73. The molecular weight excluding hydrogens is 415 g/mol. The molecule has 6 nitrogen and oxygen atoms in total. The number of halogens is 1. The summed E-state index contributed by atoms with van der Waals surface area (Å²) in [6, 6.07) is 12.8.